The predicted molar refractivity (Wildman–Crippen MR) is 96.9 cm³/mol. The molecule has 0 radical (unpaired) electrons. The van der Waals surface area contributed by atoms with Crippen molar-refractivity contribution in [3.05, 3.63) is 71.8 Å². The zero-order valence-electron chi connectivity index (χ0n) is 12.9. The maximum absolute atomic E-state index is 10.7. The zero-order chi connectivity index (χ0) is 15.4. The third kappa shape index (κ3) is 1.77. The minimum Gasteiger partial charge on any atom is -0.388 e. The van der Waals surface area contributed by atoms with Crippen molar-refractivity contribution in [2.45, 2.75) is 25.4 Å². The minimum atomic E-state index is -0.341. The summed E-state index contributed by atoms with van der Waals surface area (Å²) >= 11 is 0. The second-order valence-electron chi connectivity index (χ2n) is 6.56. The van der Waals surface area contributed by atoms with Gasteiger partial charge in [0.2, 0.25) is 0 Å². The topological polar surface area (TPSA) is 20.2 Å². The van der Waals surface area contributed by atoms with Gasteiger partial charge < -0.3 is 5.11 Å². The van der Waals surface area contributed by atoms with E-state index in [4.69, 9.17) is 0 Å². The van der Waals surface area contributed by atoms with E-state index in [0.717, 1.165) is 24.8 Å². The van der Waals surface area contributed by atoms with E-state index in [-0.39, 0.29) is 6.10 Å². The third-order valence-corrected chi connectivity index (χ3v) is 5.30. The Hall–Kier alpha value is -2.38. The first kappa shape index (κ1) is 13.1. The smallest absolute Gasteiger partial charge is 0.0799 e. The first-order valence-corrected chi connectivity index (χ1v) is 8.37. The van der Waals surface area contributed by atoms with Crippen molar-refractivity contribution in [3.8, 4) is 0 Å². The molecule has 112 valence electrons. The van der Waals surface area contributed by atoms with E-state index in [1.807, 2.05) is 0 Å². The molecule has 1 atom stereocenters. The lowest BCUT2D eigenvalue weighted by Crippen LogP contribution is -2.10. The molecule has 0 amide bonds. The van der Waals surface area contributed by atoms with E-state index in [1.165, 1.54) is 37.9 Å². The number of fused-ring (bicyclic) bond motifs is 8. The molecule has 4 aromatic carbocycles. The van der Waals surface area contributed by atoms with Crippen LogP contribution in [0.5, 0.6) is 0 Å². The van der Waals surface area contributed by atoms with Gasteiger partial charge in [-0.15, -0.1) is 0 Å². The number of aliphatic hydroxyl groups excluding tert-OH is 1. The van der Waals surface area contributed by atoms with E-state index < -0.39 is 0 Å². The predicted octanol–water partition coefficient (Wildman–Crippen LogP) is 5.52. The molecule has 0 heterocycles. The Labute approximate surface area is 135 Å². The Bertz CT molecular complexity index is 1060. The SMILES string of the molecule is OC1CCCc2c1c1ccc3ccccc3c1c1ccccc21. The van der Waals surface area contributed by atoms with Gasteiger partial charge in [-0.3, -0.25) is 0 Å². The molecule has 4 aromatic rings. The standard InChI is InChI=1S/C22H18O/c23-20-11-5-10-18-16-8-3-4-9-17(16)21-15-7-2-1-6-14(15)12-13-19(21)22(18)20/h1-4,6-9,12-13,20,23H,5,10-11H2. The third-order valence-electron chi connectivity index (χ3n) is 5.30. The van der Waals surface area contributed by atoms with Crippen molar-refractivity contribution in [2.75, 3.05) is 0 Å². The molecule has 0 aliphatic heterocycles. The van der Waals surface area contributed by atoms with Crippen LogP contribution < -0.4 is 0 Å². The highest BCUT2D eigenvalue weighted by molar-refractivity contribution is 6.22. The fraction of sp³-hybridized carbons (Fsp3) is 0.182. The maximum atomic E-state index is 10.7. The largest absolute Gasteiger partial charge is 0.388 e. The summed E-state index contributed by atoms with van der Waals surface area (Å²) in [6.45, 7) is 0. The Balaban J connectivity index is 2.12. The Morgan fingerprint density at radius 2 is 1.48 bits per heavy atom. The molecule has 0 saturated heterocycles. The highest BCUT2D eigenvalue weighted by Gasteiger charge is 2.24. The quantitative estimate of drug-likeness (QED) is 0.424. The van der Waals surface area contributed by atoms with Crippen LogP contribution in [-0.2, 0) is 6.42 Å². The molecule has 5 rings (SSSR count). The van der Waals surface area contributed by atoms with Crippen molar-refractivity contribution in [1.29, 1.82) is 0 Å². The van der Waals surface area contributed by atoms with E-state index in [9.17, 15) is 5.11 Å². The van der Waals surface area contributed by atoms with Crippen LogP contribution in [0.15, 0.2) is 60.7 Å². The molecule has 1 N–H and O–H groups in total. The lowest BCUT2D eigenvalue weighted by Gasteiger charge is -2.26. The highest BCUT2D eigenvalue weighted by atomic mass is 16.3. The van der Waals surface area contributed by atoms with E-state index in [0.29, 0.717) is 0 Å². The van der Waals surface area contributed by atoms with Crippen LogP contribution in [0.4, 0.5) is 0 Å². The van der Waals surface area contributed by atoms with Gasteiger partial charge in [-0.05, 0) is 62.7 Å². The number of aryl methyl sites for hydroxylation is 1. The summed E-state index contributed by atoms with van der Waals surface area (Å²) in [6.07, 6.45) is 2.66. The minimum absolute atomic E-state index is 0.341. The highest BCUT2D eigenvalue weighted by Crippen LogP contribution is 2.43. The fourth-order valence-corrected chi connectivity index (χ4v) is 4.32. The second kappa shape index (κ2) is 4.81. The summed E-state index contributed by atoms with van der Waals surface area (Å²) in [5, 5.41) is 18.4. The molecule has 23 heavy (non-hydrogen) atoms. The van der Waals surface area contributed by atoms with Gasteiger partial charge in [-0.1, -0.05) is 60.7 Å². The Morgan fingerprint density at radius 3 is 2.35 bits per heavy atom. The summed E-state index contributed by atoms with van der Waals surface area (Å²) in [7, 11) is 0. The van der Waals surface area contributed by atoms with Crippen LogP contribution in [0.2, 0.25) is 0 Å². The van der Waals surface area contributed by atoms with Gasteiger partial charge in [0.1, 0.15) is 0 Å². The maximum Gasteiger partial charge on any atom is 0.0799 e. The summed E-state index contributed by atoms with van der Waals surface area (Å²) in [4.78, 5) is 0. The molecule has 0 aromatic heterocycles. The molecular weight excluding hydrogens is 280 g/mol. The number of aliphatic hydroxyl groups is 1. The molecule has 1 unspecified atom stereocenters. The first-order valence-electron chi connectivity index (χ1n) is 8.37. The van der Waals surface area contributed by atoms with Crippen LogP contribution in [0, 0.1) is 0 Å². The number of benzene rings is 4. The second-order valence-corrected chi connectivity index (χ2v) is 6.56. The number of hydrogen-bond donors (Lipinski definition) is 1. The van der Waals surface area contributed by atoms with Gasteiger partial charge in [-0.25, -0.2) is 0 Å². The van der Waals surface area contributed by atoms with Gasteiger partial charge in [0, 0.05) is 0 Å². The molecular formula is C22H18O. The van der Waals surface area contributed by atoms with Crippen LogP contribution in [0.1, 0.15) is 30.1 Å². The Morgan fingerprint density at radius 1 is 0.739 bits per heavy atom. The molecule has 0 spiro atoms. The Kier molecular flexibility index (Phi) is 2.74. The monoisotopic (exact) mass is 298 g/mol. The van der Waals surface area contributed by atoms with Crippen molar-refractivity contribution < 1.29 is 5.11 Å². The van der Waals surface area contributed by atoms with Gasteiger partial charge in [0.25, 0.3) is 0 Å². The van der Waals surface area contributed by atoms with Gasteiger partial charge in [0.15, 0.2) is 0 Å². The lowest BCUT2D eigenvalue weighted by atomic mass is 9.81. The molecule has 0 fully saturated rings. The summed E-state index contributed by atoms with van der Waals surface area (Å²) < 4.78 is 0. The fourth-order valence-electron chi connectivity index (χ4n) is 4.32. The van der Waals surface area contributed by atoms with E-state index in [1.54, 1.807) is 0 Å². The first-order chi connectivity index (χ1) is 11.3. The number of rotatable bonds is 0. The zero-order valence-corrected chi connectivity index (χ0v) is 12.9. The van der Waals surface area contributed by atoms with Gasteiger partial charge >= 0.3 is 0 Å². The molecule has 0 saturated carbocycles. The average Bonchev–Trinajstić information content (AvgIpc) is 2.61. The van der Waals surface area contributed by atoms with Crippen LogP contribution >= 0.6 is 0 Å². The van der Waals surface area contributed by atoms with Crippen LogP contribution in [0.25, 0.3) is 32.3 Å². The summed E-state index contributed by atoms with van der Waals surface area (Å²) in [5.74, 6) is 0. The lowest BCUT2D eigenvalue weighted by molar-refractivity contribution is 0.158. The molecule has 1 aliphatic rings. The molecule has 1 nitrogen and oxygen atoms in total. The van der Waals surface area contributed by atoms with Gasteiger partial charge in [0.05, 0.1) is 6.10 Å². The van der Waals surface area contributed by atoms with Crippen LogP contribution in [0.3, 0.4) is 0 Å². The van der Waals surface area contributed by atoms with E-state index in [2.05, 4.69) is 60.7 Å². The molecule has 0 bridgehead atoms. The average molecular weight is 298 g/mol. The molecule has 1 heteroatoms. The van der Waals surface area contributed by atoms with Crippen molar-refractivity contribution in [2.24, 2.45) is 0 Å². The molecule has 1 aliphatic carbocycles. The normalized spacial score (nSPS) is 17.7. The van der Waals surface area contributed by atoms with Gasteiger partial charge in [-0.2, -0.15) is 0 Å². The van der Waals surface area contributed by atoms with Crippen molar-refractivity contribution in [1.82, 2.24) is 0 Å². The van der Waals surface area contributed by atoms with Crippen molar-refractivity contribution in [3.63, 3.8) is 0 Å². The van der Waals surface area contributed by atoms with E-state index >= 15 is 0 Å². The summed E-state index contributed by atoms with van der Waals surface area (Å²) in [6, 6.07) is 21.6. The summed E-state index contributed by atoms with van der Waals surface area (Å²) in [5.41, 5.74) is 2.51. The van der Waals surface area contributed by atoms with Crippen LogP contribution in [-0.4, -0.2) is 5.11 Å². The number of hydrogen-bond acceptors (Lipinski definition) is 1. The van der Waals surface area contributed by atoms with Crippen molar-refractivity contribution >= 4 is 32.3 Å².